The number of nitrogens with zero attached hydrogens (tertiary/aromatic N) is 2. The van der Waals surface area contributed by atoms with Gasteiger partial charge in [-0.05, 0) is 37.2 Å². The molecule has 1 N–H and O–H groups in total. The monoisotopic (exact) mass is 431 g/mol. The van der Waals surface area contributed by atoms with E-state index in [1.165, 1.54) is 6.07 Å². The molecule has 1 aliphatic rings. The lowest BCUT2D eigenvalue weighted by molar-refractivity contribution is 0.0672. The Bertz CT molecular complexity index is 1030. The van der Waals surface area contributed by atoms with E-state index in [0.717, 1.165) is 18.7 Å². The Kier molecular flexibility index (Phi) is 7.10. The second-order valence-corrected chi connectivity index (χ2v) is 9.79. The Morgan fingerprint density at radius 1 is 1.07 bits per heavy atom. The number of sulfone groups is 1. The maximum Gasteiger partial charge on any atom is 0.261 e. The number of aromatic nitrogens is 1. The standard InChI is InChI=1S/C22H29N3O4S/c1-3-24(4-2)13-14-25(18-12-15-30(28,29)16-18)22(27)19-10-11-20(23-21(19)26)17-8-6-5-7-9-17/h5-11,18H,3-4,12-16H2,1-2H3,(H,23,26). The molecule has 162 valence electrons. The van der Waals surface area contributed by atoms with Gasteiger partial charge in [0.15, 0.2) is 9.84 Å². The minimum Gasteiger partial charge on any atom is -0.333 e. The van der Waals surface area contributed by atoms with Crippen molar-refractivity contribution in [2.24, 2.45) is 0 Å². The van der Waals surface area contributed by atoms with Crippen LogP contribution >= 0.6 is 0 Å². The quantitative estimate of drug-likeness (QED) is 0.691. The predicted octanol–water partition coefficient (Wildman–Crippen LogP) is 2.01. The number of carbonyl (C=O) groups is 1. The summed E-state index contributed by atoms with van der Waals surface area (Å²) in [5, 5.41) is 0. The second kappa shape index (κ2) is 9.57. The molecule has 1 fully saturated rings. The molecule has 7 nitrogen and oxygen atoms in total. The third-order valence-corrected chi connectivity index (χ3v) is 7.44. The first-order chi connectivity index (χ1) is 14.3. The highest BCUT2D eigenvalue weighted by atomic mass is 32.2. The van der Waals surface area contributed by atoms with E-state index >= 15 is 0 Å². The average molecular weight is 432 g/mol. The Hall–Kier alpha value is -2.45. The van der Waals surface area contributed by atoms with Crippen LogP contribution in [0.2, 0.25) is 0 Å². The Morgan fingerprint density at radius 2 is 1.77 bits per heavy atom. The van der Waals surface area contributed by atoms with Gasteiger partial charge in [-0.3, -0.25) is 9.59 Å². The van der Waals surface area contributed by atoms with Gasteiger partial charge in [0.05, 0.1) is 11.5 Å². The Balaban J connectivity index is 1.87. The van der Waals surface area contributed by atoms with E-state index in [0.29, 0.717) is 25.2 Å². The summed E-state index contributed by atoms with van der Waals surface area (Å²) in [4.78, 5) is 32.6. The summed E-state index contributed by atoms with van der Waals surface area (Å²) in [7, 11) is -3.15. The van der Waals surface area contributed by atoms with Gasteiger partial charge < -0.3 is 14.8 Å². The first kappa shape index (κ1) is 22.2. The van der Waals surface area contributed by atoms with Crippen LogP contribution in [0.3, 0.4) is 0 Å². The zero-order chi connectivity index (χ0) is 21.7. The van der Waals surface area contributed by atoms with Crippen molar-refractivity contribution in [2.45, 2.75) is 26.3 Å². The summed E-state index contributed by atoms with van der Waals surface area (Å²) >= 11 is 0. The van der Waals surface area contributed by atoms with Crippen molar-refractivity contribution in [3.05, 3.63) is 58.4 Å². The molecule has 0 aliphatic carbocycles. The number of aromatic amines is 1. The summed E-state index contributed by atoms with van der Waals surface area (Å²) in [5.41, 5.74) is 1.07. The molecule has 1 atom stereocenters. The molecule has 3 rings (SSSR count). The smallest absolute Gasteiger partial charge is 0.261 e. The molecule has 0 spiro atoms. The molecule has 2 aromatic rings. The van der Waals surface area contributed by atoms with Gasteiger partial charge in [0.1, 0.15) is 5.56 Å². The molecule has 0 saturated carbocycles. The molecule has 30 heavy (non-hydrogen) atoms. The van der Waals surface area contributed by atoms with Crippen LogP contribution in [0.1, 0.15) is 30.6 Å². The van der Waals surface area contributed by atoms with Crippen LogP contribution in [-0.4, -0.2) is 72.8 Å². The maximum absolute atomic E-state index is 13.3. The Labute approximate surface area is 177 Å². The first-order valence-corrected chi connectivity index (χ1v) is 12.2. The summed E-state index contributed by atoms with van der Waals surface area (Å²) in [5.74, 6) is -0.377. The zero-order valence-corrected chi connectivity index (χ0v) is 18.3. The fourth-order valence-corrected chi connectivity index (χ4v) is 5.57. The summed E-state index contributed by atoms with van der Waals surface area (Å²) < 4.78 is 24.0. The van der Waals surface area contributed by atoms with Gasteiger partial charge in [0.25, 0.3) is 11.5 Å². The molecule has 1 amide bonds. The third-order valence-electron chi connectivity index (χ3n) is 5.69. The first-order valence-electron chi connectivity index (χ1n) is 10.4. The molecule has 0 radical (unpaired) electrons. The van der Waals surface area contributed by atoms with E-state index < -0.39 is 27.3 Å². The number of likely N-dealkylation sites (N-methyl/N-ethyl adjacent to an activating group) is 1. The van der Waals surface area contributed by atoms with Crippen LogP contribution in [-0.2, 0) is 9.84 Å². The lowest BCUT2D eigenvalue weighted by Gasteiger charge is -2.30. The SMILES string of the molecule is CCN(CC)CCN(C(=O)c1ccc(-c2ccccc2)[nH]c1=O)C1CCS(=O)(=O)C1. The van der Waals surface area contributed by atoms with Crippen molar-refractivity contribution in [3.8, 4) is 11.3 Å². The summed E-state index contributed by atoms with van der Waals surface area (Å²) in [6.45, 7) is 6.79. The molecular weight excluding hydrogens is 402 g/mol. The topological polar surface area (TPSA) is 90.6 Å². The number of nitrogens with one attached hydrogen (secondary N) is 1. The van der Waals surface area contributed by atoms with Gasteiger partial charge in [0.2, 0.25) is 0 Å². The Morgan fingerprint density at radius 3 is 2.33 bits per heavy atom. The number of rotatable bonds is 8. The highest BCUT2D eigenvalue weighted by Gasteiger charge is 2.35. The van der Waals surface area contributed by atoms with E-state index in [1.807, 2.05) is 44.2 Å². The second-order valence-electron chi connectivity index (χ2n) is 7.56. The van der Waals surface area contributed by atoms with E-state index in [4.69, 9.17) is 0 Å². The molecule has 1 saturated heterocycles. The van der Waals surface area contributed by atoms with Crippen molar-refractivity contribution in [2.75, 3.05) is 37.7 Å². The fraction of sp³-hybridized carbons (Fsp3) is 0.455. The van der Waals surface area contributed by atoms with Crippen molar-refractivity contribution in [1.82, 2.24) is 14.8 Å². The average Bonchev–Trinajstić information content (AvgIpc) is 3.10. The molecule has 1 aliphatic heterocycles. The zero-order valence-electron chi connectivity index (χ0n) is 17.5. The number of hydrogen-bond acceptors (Lipinski definition) is 5. The van der Waals surface area contributed by atoms with E-state index in [-0.39, 0.29) is 17.1 Å². The molecule has 1 unspecified atom stereocenters. The minimum atomic E-state index is -3.15. The molecule has 0 bridgehead atoms. The van der Waals surface area contributed by atoms with Gasteiger partial charge >= 0.3 is 0 Å². The van der Waals surface area contributed by atoms with Gasteiger partial charge in [-0.25, -0.2) is 8.42 Å². The number of pyridine rings is 1. The van der Waals surface area contributed by atoms with Gasteiger partial charge in [-0.2, -0.15) is 0 Å². The van der Waals surface area contributed by atoms with Crippen LogP contribution in [0.4, 0.5) is 0 Å². The number of amides is 1. The summed E-state index contributed by atoms with van der Waals surface area (Å²) in [6, 6.07) is 12.3. The molecular formula is C22H29N3O4S. The van der Waals surface area contributed by atoms with Crippen molar-refractivity contribution in [1.29, 1.82) is 0 Å². The maximum atomic E-state index is 13.3. The van der Waals surface area contributed by atoms with E-state index in [2.05, 4.69) is 9.88 Å². The highest BCUT2D eigenvalue weighted by Crippen LogP contribution is 2.20. The van der Waals surface area contributed by atoms with Crippen molar-refractivity contribution >= 4 is 15.7 Å². The minimum absolute atomic E-state index is 0.0403. The number of H-pyrrole nitrogens is 1. The fourth-order valence-electron chi connectivity index (χ4n) is 3.84. The lowest BCUT2D eigenvalue weighted by atomic mass is 10.1. The summed E-state index contributed by atoms with van der Waals surface area (Å²) in [6.07, 6.45) is 0.409. The van der Waals surface area contributed by atoms with Gasteiger partial charge in [0, 0.05) is 24.8 Å². The van der Waals surface area contributed by atoms with Crippen molar-refractivity contribution < 1.29 is 13.2 Å². The molecule has 1 aromatic carbocycles. The largest absolute Gasteiger partial charge is 0.333 e. The number of hydrogen-bond donors (Lipinski definition) is 1. The molecule has 8 heteroatoms. The predicted molar refractivity (Wildman–Crippen MR) is 118 cm³/mol. The number of benzene rings is 1. The third kappa shape index (κ3) is 5.17. The number of carbonyl (C=O) groups excluding carboxylic acids is 1. The normalized spacial score (nSPS) is 17.9. The van der Waals surface area contributed by atoms with Crippen LogP contribution < -0.4 is 5.56 Å². The van der Waals surface area contributed by atoms with Gasteiger partial charge in [-0.1, -0.05) is 44.2 Å². The van der Waals surface area contributed by atoms with Crippen LogP contribution in [0, 0.1) is 0 Å². The van der Waals surface area contributed by atoms with Crippen LogP contribution in [0.5, 0.6) is 0 Å². The lowest BCUT2D eigenvalue weighted by Crippen LogP contribution is -2.46. The van der Waals surface area contributed by atoms with Crippen LogP contribution in [0.15, 0.2) is 47.3 Å². The van der Waals surface area contributed by atoms with Crippen molar-refractivity contribution in [3.63, 3.8) is 0 Å². The van der Waals surface area contributed by atoms with Crippen LogP contribution in [0.25, 0.3) is 11.3 Å². The van der Waals surface area contributed by atoms with E-state index in [1.54, 1.807) is 11.0 Å². The van der Waals surface area contributed by atoms with E-state index in [9.17, 15) is 18.0 Å². The van der Waals surface area contributed by atoms with Gasteiger partial charge in [-0.15, -0.1) is 0 Å². The molecule has 1 aromatic heterocycles. The highest BCUT2D eigenvalue weighted by molar-refractivity contribution is 7.91. The molecule has 2 heterocycles.